The Labute approximate surface area is 98.1 Å². The number of alkyl halides is 3. The Bertz CT molecular complexity index is 453. The first kappa shape index (κ1) is 12.0. The zero-order chi connectivity index (χ0) is 12.5. The van der Waals surface area contributed by atoms with Crippen LogP contribution < -0.4 is 0 Å². The molecule has 1 saturated carbocycles. The fourth-order valence-electron chi connectivity index (χ4n) is 1.88. The van der Waals surface area contributed by atoms with Crippen LogP contribution in [0.4, 0.5) is 18.9 Å². The number of hydrogen-bond acceptors (Lipinski definition) is 0. The minimum absolute atomic E-state index is 0.0486. The lowest BCUT2D eigenvalue weighted by Gasteiger charge is -2.13. The summed E-state index contributed by atoms with van der Waals surface area (Å²) >= 11 is 0. The SMILES string of the molecule is [C-]#[N+]c1ccc(CCC2CC2)c(C(F)(F)F)c1. The predicted octanol–water partition coefficient (Wildman–Crippen LogP) is 4.60. The van der Waals surface area contributed by atoms with E-state index in [-0.39, 0.29) is 5.69 Å². The Morgan fingerprint density at radius 3 is 2.53 bits per heavy atom. The van der Waals surface area contributed by atoms with Crippen molar-refractivity contribution in [3.63, 3.8) is 0 Å². The first-order valence-corrected chi connectivity index (χ1v) is 5.58. The van der Waals surface area contributed by atoms with Gasteiger partial charge in [0.2, 0.25) is 0 Å². The van der Waals surface area contributed by atoms with Gasteiger partial charge in [-0.25, -0.2) is 4.85 Å². The molecule has 1 aliphatic rings. The van der Waals surface area contributed by atoms with Gasteiger partial charge in [-0.2, -0.15) is 13.2 Å². The molecule has 0 bridgehead atoms. The van der Waals surface area contributed by atoms with Gasteiger partial charge in [-0.15, -0.1) is 0 Å². The fourth-order valence-corrected chi connectivity index (χ4v) is 1.88. The Balaban J connectivity index is 2.25. The maximum absolute atomic E-state index is 12.8. The van der Waals surface area contributed by atoms with Crippen LogP contribution in [0, 0.1) is 12.5 Å². The van der Waals surface area contributed by atoms with Crippen LogP contribution >= 0.6 is 0 Å². The van der Waals surface area contributed by atoms with E-state index in [0.717, 1.165) is 25.3 Å². The monoisotopic (exact) mass is 239 g/mol. The van der Waals surface area contributed by atoms with E-state index in [9.17, 15) is 13.2 Å². The molecule has 0 aromatic heterocycles. The van der Waals surface area contributed by atoms with E-state index >= 15 is 0 Å². The molecule has 1 aliphatic carbocycles. The summed E-state index contributed by atoms with van der Waals surface area (Å²) < 4.78 is 38.4. The molecule has 0 amide bonds. The van der Waals surface area contributed by atoms with Crippen molar-refractivity contribution < 1.29 is 13.2 Å². The number of halogens is 3. The van der Waals surface area contributed by atoms with Crippen LogP contribution in [0.15, 0.2) is 18.2 Å². The molecule has 0 atom stereocenters. The molecule has 4 heteroatoms. The summed E-state index contributed by atoms with van der Waals surface area (Å²) in [5.74, 6) is 0.608. The lowest BCUT2D eigenvalue weighted by molar-refractivity contribution is -0.138. The molecular weight excluding hydrogens is 227 g/mol. The minimum atomic E-state index is -4.36. The standard InChI is InChI=1S/C13H12F3N/c1-17-11-7-6-10(5-4-9-2-3-9)12(8-11)13(14,15)16/h6-9H,2-5H2. The van der Waals surface area contributed by atoms with E-state index in [4.69, 9.17) is 6.57 Å². The molecule has 1 aromatic rings. The molecule has 0 spiro atoms. The Hall–Kier alpha value is -1.50. The molecule has 0 aliphatic heterocycles. The van der Waals surface area contributed by atoms with Gasteiger partial charge in [0.25, 0.3) is 0 Å². The van der Waals surface area contributed by atoms with Crippen LogP contribution in [-0.4, -0.2) is 0 Å². The lowest BCUT2D eigenvalue weighted by atomic mass is 10.0. The molecule has 0 heterocycles. The van der Waals surface area contributed by atoms with Crippen LogP contribution in [0.5, 0.6) is 0 Å². The van der Waals surface area contributed by atoms with Crippen LogP contribution in [0.2, 0.25) is 0 Å². The van der Waals surface area contributed by atoms with E-state index < -0.39 is 11.7 Å². The molecule has 0 saturated heterocycles. The average molecular weight is 239 g/mol. The van der Waals surface area contributed by atoms with Gasteiger partial charge in [0.05, 0.1) is 6.57 Å². The highest BCUT2D eigenvalue weighted by molar-refractivity contribution is 5.50. The van der Waals surface area contributed by atoms with Crippen molar-refractivity contribution in [2.24, 2.45) is 5.92 Å². The van der Waals surface area contributed by atoms with Gasteiger partial charge in [-0.1, -0.05) is 25.0 Å². The molecule has 90 valence electrons. The van der Waals surface area contributed by atoms with Crippen LogP contribution in [0.25, 0.3) is 4.85 Å². The Morgan fingerprint density at radius 1 is 1.29 bits per heavy atom. The maximum Gasteiger partial charge on any atom is 0.415 e. The topological polar surface area (TPSA) is 4.36 Å². The number of hydrogen-bond donors (Lipinski definition) is 0. The zero-order valence-electron chi connectivity index (χ0n) is 9.22. The summed E-state index contributed by atoms with van der Waals surface area (Å²) in [6, 6.07) is 3.86. The Morgan fingerprint density at radius 2 is 2.00 bits per heavy atom. The fraction of sp³-hybridized carbons (Fsp3) is 0.462. The average Bonchev–Trinajstić information content (AvgIpc) is 3.08. The minimum Gasteiger partial charge on any atom is -0.238 e. The first-order chi connectivity index (χ1) is 8.00. The molecular formula is C13H12F3N. The summed E-state index contributed by atoms with van der Waals surface area (Å²) in [7, 11) is 0. The number of nitrogens with zero attached hydrogens (tertiary/aromatic N) is 1. The number of benzene rings is 1. The highest BCUT2D eigenvalue weighted by atomic mass is 19.4. The van der Waals surface area contributed by atoms with E-state index in [1.54, 1.807) is 0 Å². The summed E-state index contributed by atoms with van der Waals surface area (Å²) in [5.41, 5.74) is -0.282. The highest BCUT2D eigenvalue weighted by Gasteiger charge is 2.33. The predicted molar refractivity (Wildman–Crippen MR) is 58.8 cm³/mol. The van der Waals surface area contributed by atoms with Crippen LogP contribution in [0.1, 0.15) is 30.4 Å². The van der Waals surface area contributed by atoms with Gasteiger partial charge in [0, 0.05) is 5.56 Å². The summed E-state index contributed by atoms with van der Waals surface area (Å²) in [6.45, 7) is 6.75. The van der Waals surface area contributed by atoms with Crippen molar-refractivity contribution in [1.29, 1.82) is 0 Å². The van der Waals surface area contributed by atoms with Gasteiger partial charge in [-0.3, -0.25) is 0 Å². The number of aryl methyl sites for hydroxylation is 1. The molecule has 2 rings (SSSR count). The molecule has 0 unspecified atom stereocenters. The summed E-state index contributed by atoms with van der Waals surface area (Å²) in [4.78, 5) is 3.04. The third kappa shape index (κ3) is 3.00. The van der Waals surface area contributed by atoms with E-state index in [2.05, 4.69) is 4.85 Å². The second kappa shape index (κ2) is 4.40. The van der Waals surface area contributed by atoms with Gasteiger partial charge < -0.3 is 0 Å². The van der Waals surface area contributed by atoms with Crippen LogP contribution in [-0.2, 0) is 12.6 Å². The van der Waals surface area contributed by atoms with E-state index in [1.807, 2.05) is 0 Å². The zero-order valence-corrected chi connectivity index (χ0v) is 9.22. The largest absolute Gasteiger partial charge is 0.415 e. The third-order valence-electron chi connectivity index (χ3n) is 3.05. The number of rotatable bonds is 3. The van der Waals surface area contributed by atoms with Gasteiger partial charge in [0.1, 0.15) is 0 Å². The van der Waals surface area contributed by atoms with Crippen LogP contribution in [0.3, 0.4) is 0 Å². The molecule has 1 fully saturated rings. The van der Waals surface area contributed by atoms with Crippen molar-refractivity contribution in [2.75, 3.05) is 0 Å². The Kier molecular flexibility index (Phi) is 3.10. The van der Waals surface area contributed by atoms with Crippen molar-refractivity contribution >= 4 is 5.69 Å². The van der Waals surface area contributed by atoms with Gasteiger partial charge >= 0.3 is 6.18 Å². The molecule has 0 radical (unpaired) electrons. The van der Waals surface area contributed by atoms with Crippen molar-refractivity contribution in [2.45, 2.75) is 31.9 Å². The molecule has 17 heavy (non-hydrogen) atoms. The molecule has 1 aromatic carbocycles. The molecule has 1 nitrogen and oxygen atoms in total. The third-order valence-corrected chi connectivity index (χ3v) is 3.05. The molecule has 0 N–H and O–H groups in total. The maximum atomic E-state index is 12.8. The van der Waals surface area contributed by atoms with E-state index in [0.29, 0.717) is 17.9 Å². The second-order valence-electron chi connectivity index (χ2n) is 4.43. The van der Waals surface area contributed by atoms with Crippen molar-refractivity contribution in [3.8, 4) is 0 Å². The normalized spacial score (nSPS) is 15.6. The van der Waals surface area contributed by atoms with Gasteiger partial charge in [0.15, 0.2) is 5.69 Å². The summed E-state index contributed by atoms with van der Waals surface area (Å²) in [5, 5.41) is 0. The second-order valence-corrected chi connectivity index (χ2v) is 4.43. The van der Waals surface area contributed by atoms with E-state index in [1.165, 1.54) is 12.1 Å². The van der Waals surface area contributed by atoms with Gasteiger partial charge in [-0.05, 0) is 30.4 Å². The summed E-state index contributed by atoms with van der Waals surface area (Å²) in [6.07, 6.45) is -0.805. The lowest BCUT2D eigenvalue weighted by Crippen LogP contribution is -2.09. The van der Waals surface area contributed by atoms with Crippen molar-refractivity contribution in [3.05, 3.63) is 40.7 Å². The quantitative estimate of drug-likeness (QED) is 0.679. The van der Waals surface area contributed by atoms with Crippen molar-refractivity contribution in [1.82, 2.24) is 0 Å². The first-order valence-electron chi connectivity index (χ1n) is 5.58. The smallest absolute Gasteiger partial charge is 0.238 e. The highest BCUT2D eigenvalue weighted by Crippen LogP contribution is 2.38.